The molecule has 1 N–H and O–H groups in total. The molecule has 1 aliphatic heterocycles. The third kappa shape index (κ3) is 6.08. The maximum absolute atomic E-state index is 12.6. The van der Waals surface area contributed by atoms with E-state index in [0.717, 1.165) is 30.2 Å². The Morgan fingerprint density at radius 1 is 1.28 bits per heavy atom. The highest BCUT2D eigenvalue weighted by Gasteiger charge is 2.23. The summed E-state index contributed by atoms with van der Waals surface area (Å²) >= 11 is 0. The van der Waals surface area contributed by atoms with Crippen LogP contribution < -0.4 is 14.8 Å². The second kappa shape index (κ2) is 10.5. The molecule has 0 radical (unpaired) electrons. The first-order valence-electron chi connectivity index (χ1n) is 8.70. The first-order chi connectivity index (χ1) is 11.5. The van der Waals surface area contributed by atoms with Crippen molar-refractivity contribution in [2.24, 2.45) is 11.8 Å². The highest BCUT2D eigenvalue weighted by atomic mass is 35.5. The number of rotatable bonds is 7. The van der Waals surface area contributed by atoms with Gasteiger partial charge in [-0.1, -0.05) is 6.92 Å². The summed E-state index contributed by atoms with van der Waals surface area (Å²) in [5.74, 6) is 2.78. The van der Waals surface area contributed by atoms with E-state index in [1.54, 1.807) is 19.1 Å². The maximum Gasteiger partial charge on any atom is 0.222 e. The molecule has 0 aromatic heterocycles. The van der Waals surface area contributed by atoms with E-state index in [1.165, 1.54) is 12.8 Å². The number of hydrogen-bond donors (Lipinski definition) is 1. The number of amides is 1. The van der Waals surface area contributed by atoms with Crippen molar-refractivity contribution < 1.29 is 14.3 Å². The van der Waals surface area contributed by atoms with E-state index < -0.39 is 0 Å². The van der Waals surface area contributed by atoms with E-state index in [0.29, 0.717) is 24.8 Å². The quantitative estimate of drug-likeness (QED) is 0.801. The van der Waals surface area contributed by atoms with Crippen LogP contribution in [-0.2, 0) is 11.3 Å². The highest BCUT2D eigenvalue weighted by Crippen LogP contribution is 2.27. The lowest BCUT2D eigenvalue weighted by Crippen LogP contribution is -2.34. The Morgan fingerprint density at radius 2 is 1.96 bits per heavy atom. The van der Waals surface area contributed by atoms with Crippen LogP contribution in [-0.4, -0.2) is 45.2 Å². The van der Waals surface area contributed by atoms with Gasteiger partial charge in [-0.2, -0.15) is 0 Å². The zero-order valence-corrected chi connectivity index (χ0v) is 16.5. The summed E-state index contributed by atoms with van der Waals surface area (Å²) in [5, 5.41) is 3.38. The molecule has 0 bridgehead atoms. The van der Waals surface area contributed by atoms with E-state index in [4.69, 9.17) is 9.47 Å². The van der Waals surface area contributed by atoms with Crippen LogP contribution in [0, 0.1) is 11.8 Å². The molecule has 6 heteroatoms. The van der Waals surface area contributed by atoms with E-state index in [-0.39, 0.29) is 18.3 Å². The number of nitrogens with zero attached hydrogens (tertiary/aromatic N) is 1. The van der Waals surface area contributed by atoms with Gasteiger partial charge < -0.3 is 19.7 Å². The lowest BCUT2D eigenvalue weighted by molar-refractivity contribution is -0.131. The Hall–Kier alpha value is -1.46. The minimum absolute atomic E-state index is 0. The molecule has 0 saturated carbocycles. The zero-order valence-electron chi connectivity index (χ0n) is 15.7. The van der Waals surface area contributed by atoms with E-state index in [2.05, 4.69) is 12.2 Å². The zero-order chi connectivity index (χ0) is 17.5. The number of halogens is 1. The molecule has 1 aromatic carbocycles. The van der Waals surface area contributed by atoms with Crippen molar-refractivity contribution in [3.8, 4) is 11.5 Å². The monoisotopic (exact) mass is 370 g/mol. The van der Waals surface area contributed by atoms with Crippen molar-refractivity contribution in [1.82, 2.24) is 10.2 Å². The smallest absolute Gasteiger partial charge is 0.222 e. The van der Waals surface area contributed by atoms with Crippen LogP contribution in [0.15, 0.2) is 18.2 Å². The Morgan fingerprint density at radius 3 is 2.56 bits per heavy atom. The molecule has 1 atom stereocenters. The predicted octanol–water partition coefficient (Wildman–Crippen LogP) is 3.11. The summed E-state index contributed by atoms with van der Waals surface area (Å²) in [6, 6.07) is 5.71. The SMILES string of the molecule is COc1ccc(CN(C)C(=O)CC(C)C2CCNCC2)c(OC)c1.Cl. The molecule has 1 saturated heterocycles. The average molecular weight is 371 g/mol. The molecule has 1 fully saturated rings. The predicted molar refractivity (Wildman–Crippen MR) is 103 cm³/mol. The van der Waals surface area contributed by atoms with Gasteiger partial charge in [0.25, 0.3) is 0 Å². The standard InChI is InChI=1S/C19H30N2O3.ClH/c1-14(15-7-9-20-10-8-15)11-19(22)21(2)13-16-5-6-17(23-3)12-18(16)24-4;/h5-6,12,14-15,20H,7-11,13H2,1-4H3;1H. The number of ether oxygens (including phenoxy) is 2. The second-order valence-corrected chi connectivity index (χ2v) is 6.70. The molecule has 0 aliphatic carbocycles. The minimum atomic E-state index is 0. The third-order valence-electron chi connectivity index (χ3n) is 5.01. The molecular weight excluding hydrogens is 340 g/mol. The van der Waals surface area contributed by atoms with Gasteiger partial charge in [-0.25, -0.2) is 0 Å². The normalized spacial score (nSPS) is 15.8. The fourth-order valence-electron chi connectivity index (χ4n) is 3.34. The van der Waals surface area contributed by atoms with Gasteiger partial charge in [0.2, 0.25) is 5.91 Å². The van der Waals surface area contributed by atoms with Crippen molar-refractivity contribution in [1.29, 1.82) is 0 Å². The molecule has 25 heavy (non-hydrogen) atoms. The molecule has 1 amide bonds. The summed E-state index contributed by atoms with van der Waals surface area (Å²) in [7, 11) is 5.13. The Labute approximate surface area is 157 Å². The number of piperidine rings is 1. The number of hydrogen-bond acceptors (Lipinski definition) is 4. The summed E-state index contributed by atoms with van der Waals surface area (Å²) in [6.45, 7) is 4.89. The van der Waals surface area contributed by atoms with Gasteiger partial charge in [-0.15, -0.1) is 12.4 Å². The number of methoxy groups -OCH3 is 2. The van der Waals surface area contributed by atoms with Crippen LogP contribution in [0.3, 0.4) is 0 Å². The molecule has 1 aliphatic rings. The van der Waals surface area contributed by atoms with E-state index in [1.807, 2.05) is 25.2 Å². The summed E-state index contributed by atoms with van der Waals surface area (Å²) in [6.07, 6.45) is 2.95. The van der Waals surface area contributed by atoms with Crippen LogP contribution in [0.25, 0.3) is 0 Å². The minimum Gasteiger partial charge on any atom is -0.497 e. The van der Waals surface area contributed by atoms with E-state index >= 15 is 0 Å². The Bertz CT molecular complexity index is 547. The van der Waals surface area contributed by atoms with Crippen LogP contribution in [0.1, 0.15) is 31.7 Å². The maximum atomic E-state index is 12.6. The number of carbonyl (C=O) groups excluding carboxylic acids is 1. The lowest BCUT2D eigenvalue weighted by Gasteiger charge is -2.29. The molecule has 142 valence electrons. The number of benzene rings is 1. The topological polar surface area (TPSA) is 50.8 Å². The molecule has 5 nitrogen and oxygen atoms in total. The highest BCUT2D eigenvalue weighted by molar-refractivity contribution is 5.85. The number of carbonyl (C=O) groups is 1. The molecule has 0 spiro atoms. The molecule has 1 unspecified atom stereocenters. The van der Waals surface area contributed by atoms with E-state index in [9.17, 15) is 4.79 Å². The average Bonchev–Trinajstić information content (AvgIpc) is 2.62. The van der Waals surface area contributed by atoms with Crippen LogP contribution in [0.2, 0.25) is 0 Å². The Balaban J connectivity index is 0.00000312. The van der Waals surface area contributed by atoms with Gasteiger partial charge in [-0.05, 0) is 49.9 Å². The largest absolute Gasteiger partial charge is 0.497 e. The third-order valence-corrected chi connectivity index (χ3v) is 5.01. The number of nitrogens with one attached hydrogen (secondary N) is 1. The molecule has 2 rings (SSSR count). The molecule has 1 aromatic rings. The van der Waals surface area contributed by atoms with Gasteiger partial charge in [0.15, 0.2) is 0 Å². The van der Waals surface area contributed by atoms with Crippen molar-refractivity contribution in [3.63, 3.8) is 0 Å². The van der Waals surface area contributed by atoms with Gasteiger partial charge >= 0.3 is 0 Å². The molecule has 1 heterocycles. The fourth-order valence-corrected chi connectivity index (χ4v) is 3.34. The first kappa shape index (κ1) is 21.6. The van der Waals surface area contributed by atoms with Crippen LogP contribution in [0.5, 0.6) is 11.5 Å². The van der Waals surface area contributed by atoms with Crippen LogP contribution >= 0.6 is 12.4 Å². The van der Waals surface area contributed by atoms with Gasteiger partial charge in [0, 0.05) is 31.6 Å². The fraction of sp³-hybridized carbons (Fsp3) is 0.632. The Kier molecular flexibility index (Phi) is 9.08. The summed E-state index contributed by atoms with van der Waals surface area (Å²) in [4.78, 5) is 14.4. The lowest BCUT2D eigenvalue weighted by atomic mass is 9.84. The van der Waals surface area contributed by atoms with Crippen molar-refractivity contribution in [2.45, 2.75) is 32.7 Å². The van der Waals surface area contributed by atoms with Gasteiger partial charge in [0.05, 0.1) is 14.2 Å². The van der Waals surface area contributed by atoms with Crippen molar-refractivity contribution in [2.75, 3.05) is 34.4 Å². The summed E-state index contributed by atoms with van der Waals surface area (Å²) < 4.78 is 10.6. The van der Waals surface area contributed by atoms with Crippen molar-refractivity contribution >= 4 is 18.3 Å². The van der Waals surface area contributed by atoms with Gasteiger partial charge in [-0.3, -0.25) is 4.79 Å². The second-order valence-electron chi connectivity index (χ2n) is 6.70. The van der Waals surface area contributed by atoms with Crippen molar-refractivity contribution in [3.05, 3.63) is 23.8 Å². The first-order valence-corrected chi connectivity index (χ1v) is 8.70. The summed E-state index contributed by atoms with van der Waals surface area (Å²) in [5.41, 5.74) is 0.990. The van der Waals surface area contributed by atoms with Gasteiger partial charge in [0.1, 0.15) is 11.5 Å². The van der Waals surface area contributed by atoms with Crippen LogP contribution in [0.4, 0.5) is 0 Å². The molecular formula is C19H31ClN2O3.